The molecule has 0 radical (unpaired) electrons. The van der Waals surface area contributed by atoms with Crippen molar-refractivity contribution in [2.45, 2.75) is 63.8 Å². The molecule has 6 rings (SSSR count). The molecule has 1 aliphatic rings. The molecule has 0 spiro atoms. The van der Waals surface area contributed by atoms with Gasteiger partial charge in [-0.3, -0.25) is 4.90 Å². The zero-order chi connectivity index (χ0) is 28.7. The maximum absolute atomic E-state index is 14.1. The van der Waals surface area contributed by atoms with Crippen LogP contribution in [0.2, 0.25) is 0 Å². The van der Waals surface area contributed by atoms with E-state index in [2.05, 4.69) is 56.7 Å². The Morgan fingerprint density at radius 3 is 2.45 bits per heavy atom. The van der Waals surface area contributed by atoms with Crippen molar-refractivity contribution in [1.82, 2.24) is 35.2 Å². The summed E-state index contributed by atoms with van der Waals surface area (Å²) in [4.78, 5) is 27.6. The predicted octanol–water partition coefficient (Wildman–Crippen LogP) is 6.06. The molecule has 9 nitrogen and oxygen atoms in total. The number of hydrogen-bond acceptors (Lipinski definition) is 7. The van der Waals surface area contributed by atoms with Crippen molar-refractivity contribution in [2.75, 3.05) is 13.1 Å². The topological polar surface area (TPSA) is 102 Å². The summed E-state index contributed by atoms with van der Waals surface area (Å²) in [7, 11) is 0. The normalized spacial score (nSPS) is 17.2. The number of carbonyl (C=O) groups is 1. The lowest BCUT2D eigenvalue weighted by Crippen LogP contribution is -2.41. The van der Waals surface area contributed by atoms with Gasteiger partial charge in [0.1, 0.15) is 11.6 Å². The lowest BCUT2D eigenvalue weighted by atomic mass is 9.96. The summed E-state index contributed by atoms with van der Waals surface area (Å²) < 4.78 is 1.58. The van der Waals surface area contributed by atoms with Crippen molar-refractivity contribution in [3.8, 4) is 22.8 Å². The fraction of sp³-hybridized carbons (Fsp3) is 0.364. The van der Waals surface area contributed by atoms with Crippen LogP contribution < -0.4 is 4.84 Å². The number of tetrazole rings is 1. The van der Waals surface area contributed by atoms with E-state index in [-0.39, 0.29) is 17.9 Å². The van der Waals surface area contributed by atoms with Crippen LogP contribution in [-0.2, 0) is 4.79 Å². The van der Waals surface area contributed by atoms with Gasteiger partial charge in [-0.2, -0.15) is 9.94 Å². The SMILES string of the molecule is CCCCCCCCN1CC(c2ccccc2)C[C@H]1C(=O)On1c(-c2ccccc2-c2nn[nH]n2)nc2ccccc21. The minimum absolute atomic E-state index is 0.263. The van der Waals surface area contributed by atoms with Crippen molar-refractivity contribution in [3.63, 3.8) is 0 Å². The molecule has 3 aromatic carbocycles. The molecule has 0 bridgehead atoms. The van der Waals surface area contributed by atoms with Gasteiger partial charge in [0.2, 0.25) is 5.82 Å². The number of rotatable bonds is 12. The minimum atomic E-state index is -0.340. The molecule has 1 N–H and O–H groups in total. The summed E-state index contributed by atoms with van der Waals surface area (Å²) >= 11 is 0. The summed E-state index contributed by atoms with van der Waals surface area (Å²) in [5.41, 5.74) is 4.22. The molecule has 3 heterocycles. The molecule has 1 aliphatic heterocycles. The second-order valence-electron chi connectivity index (χ2n) is 11.0. The lowest BCUT2D eigenvalue weighted by molar-refractivity contribution is -0.148. The van der Waals surface area contributed by atoms with Crippen LogP contribution in [0.25, 0.3) is 33.8 Å². The molecular weight excluding hydrogens is 526 g/mol. The van der Waals surface area contributed by atoms with Crippen LogP contribution in [0.4, 0.5) is 0 Å². The number of nitrogens with one attached hydrogen (secondary N) is 1. The number of H-pyrrole nitrogens is 1. The minimum Gasteiger partial charge on any atom is -0.333 e. The Bertz CT molecular complexity index is 1600. The Morgan fingerprint density at radius 1 is 0.905 bits per heavy atom. The van der Waals surface area contributed by atoms with E-state index in [0.29, 0.717) is 11.6 Å². The number of imidazole rings is 1. The average molecular weight is 564 g/mol. The number of carbonyl (C=O) groups excluding carboxylic acids is 1. The van der Waals surface area contributed by atoms with Crippen LogP contribution in [0.1, 0.15) is 63.4 Å². The molecule has 2 atom stereocenters. The quantitative estimate of drug-likeness (QED) is 0.184. The van der Waals surface area contributed by atoms with Gasteiger partial charge < -0.3 is 4.84 Å². The molecule has 5 aromatic rings. The number of likely N-dealkylation sites (tertiary alicyclic amines) is 1. The number of nitrogens with zero attached hydrogens (tertiary/aromatic N) is 6. The van der Waals surface area contributed by atoms with Crippen molar-refractivity contribution in [3.05, 3.63) is 84.4 Å². The molecule has 42 heavy (non-hydrogen) atoms. The number of aromatic amines is 1. The van der Waals surface area contributed by atoms with Crippen LogP contribution in [0.3, 0.4) is 0 Å². The highest BCUT2D eigenvalue weighted by Crippen LogP contribution is 2.34. The predicted molar refractivity (Wildman–Crippen MR) is 162 cm³/mol. The van der Waals surface area contributed by atoms with E-state index in [0.717, 1.165) is 48.1 Å². The molecular formula is C33H37N7O2. The van der Waals surface area contributed by atoms with E-state index in [9.17, 15) is 4.79 Å². The van der Waals surface area contributed by atoms with Crippen molar-refractivity contribution < 1.29 is 9.63 Å². The van der Waals surface area contributed by atoms with Gasteiger partial charge in [0.05, 0.1) is 5.52 Å². The van der Waals surface area contributed by atoms with Crippen molar-refractivity contribution >= 4 is 17.0 Å². The first-order chi connectivity index (χ1) is 20.7. The van der Waals surface area contributed by atoms with E-state index in [1.54, 1.807) is 4.73 Å². The molecule has 1 unspecified atom stereocenters. The van der Waals surface area contributed by atoms with E-state index < -0.39 is 0 Å². The van der Waals surface area contributed by atoms with Crippen LogP contribution in [0.5, 0.6) is 0 Å². The Morgan fingerprint density at radius 2 is 1.64 bits per heavy atom. The third kappa shape index (κ3) is 5.97. The zero-order valence-corrected chi connectivity index (χ0v) is 24.0. The van der Waals surface area contributed by atoms with Gasteiger partial charge in [-0.25, -0.2) is 9.78 Å². The fourth-order valence-corrected chi connectivity index (χ4v) is 6.02. The maximum Gasteiger partial charge on any atom is 0.349 e. The molecule has 1 saturated heterocycles. The fourth-order valence-electron chi connectivity index (χ4n) is 6.02. The van der Waals surface area contributed by atoms with Crippen molar-refractivity contribution in [2.24, 2.45) is 0 Å². The van der Waals surface area contributed by atoms with E-state index in [1.807, 2.05) is 54.6 Å². The molecule has 2 aromatic heterocycles. The van der Waals surface area contributed by atoms with Gasteiger partial charge in [-0.05, 0) is 48.2 Å². The first-order valence-electron chi connectivity index (χ1n) is 15.0. The zero-order valence-electron chi connectivity index (χ0n) is 24.0. The highest BCUT2D eigenvalue weighted by molar-refractivity contribution is 5.86. The number of aromatic nitrogens is 6. The average Bonchev–Trinajstić information content (AvgIpc) is 3.79. The monoisotopic (exact) mass is 563 g/mol. The number of unbranched alkanes of at least 4 members (excludes halogenated alkanes) is 5. The van der Waals surface area contributed by atoms with Crippen LogP contribution in [-0.4, -0.2) is 60.3 Å². The Balaban J connectivity index is 1.29. The first kappa shape index (κ1) is 27.8. The number of fused-ring (bicyclic) bond motifs is 1. The standard InChI is InChI=1S/C33H37N7O2/c1-2-3-4-5-6-14-21-39-23-25(24-15-8-7-9-16-24)22-30(39)33(41)42-40-29-20-13-12-19-28(29)34-32(40)27-18-11-10-17-26(27)31-35-37-38-36-31/h7-13,15-20,25,30H,2-6,14,21-23H2,1H3,(H,35,36,37,38)/t25?,30-/m0/s1. The second kappa shape index (κ2) is 13.1. The molecule has 9 heteroatoms. The lowest BCUT2D eigenvalue weighted by Gasteiger charge is -2.23. The number of benzene rings is 3. The molecule has 0 aliphatic carbocycles. The largest absolute Gasteiger partial charge is 0.349 e. The Labute approximate surface area is 245 Å². The van der Waals surface area contributed by atoms with Crippen LogP contribution in [0, 0.1) is 0 Å². The second-order valence-corrected chi connectivity index (χ2v) is 11.0. The van der Waals surface area contributed by atoms with Gasteiger partial charge in [0, 0.05) is 17.7 Å². The third-order valence-electron chi connectivity index (χ3n) is 8.20. The van der Waals surface area contributed by atoms with Gasteiger partial charge in [0.15, 0.2) is 5.82 Å². The van der Waals surface area contributed by atoms with E-state index in [4.69, 9.17) is 9.82 Å². The summed E-state index contributed by atoms with van der Waals surface area (Å²) in [5, 5.41) is 14.6. The summed E-state index contributed by atoms with van der Waals surface area (Å²) in [6.45, 7) is 3.97. The molecule has 216 valence electrons. The summed E-state index contributed by atoms with van der Waals surface area (Å²) in [6, 6.07) is 25.6. The van der Waals surface area contributed by atoms with E-state index >= 15 is 0 Å². The van der Waals surface area contributed by atoms with Crippen LogP contribution in [0.15, 0.2) is 78.9 Å². The highest BCUT2D eigenvalue weighted by atomic mass is 16.7. The summed E-state index contributed by atoms with van der Waals surface area (Å²) in [6.07, 6.45) is 8.01. The maximum atomic E-state index is 14.1. The Kier molecular flexibility index (Phi) is 8.65. The third-order valence-corrected chi connectivity index (χ3v) is 8.20. The smallest absolute Gasteiger partial charge is 0.333 e. The van der Waals surface area contributed by atoms with Gasteiger partial charge in [0.25, 0.3) is 0 Å². The number of hydrogen-bond donors (Lipinski definition) is 1. The summed E-state index contributed by atoms with van der Waals surface area (Å²) in [5.74, 6) is 0.981. The van der Waals surface area contributed by atoms with Gasteiger partial charge in [-0.1, -0.05) is 106 Å². The highest BCUT2D eigenvalue weighted by Gasteiger charge is 2.39. The Hall–Kier alpha value is -4.37. The molecule has 0 amide bonds. The van der Waals surface area contributed by atoms with Gasteiger partial charge >= 0.3 is 5.97 Å². The molecule has 1 fully saturated rings. The first-order valence-corrected chi connectivity index (χ1v) is 15.0. The molecule has 0 saturated carbocycles. The van der Waals surface area contributed by atoms with E-state index in [1.165, 1.54) is 37.7 Å². The van der Waals surface area contributed by atoms with Gasteiger partial charge in [-0.15, -0.1) is 10.2 Å². The number of para-hydroxylation sites is 2. The van der Waals surface area contributed by atoms with Crippen LogP contribution >= 0.6 is 0 Å². The van der Waals surface area contributed by atoms with Crippen molar-refractivity contribution in [1.29, 1.82) is 0 Å².